The third-order valence-corrected chi connectivity index (χ3v) is 5.89. The molecule has 1 fully saturated rings. The second kappa shape index (κ2) is 8.03. The van der Waals surface area contributed by atoms with Gasteiger partial charge < -0.3 is 10.1 Å². The van der Waals surface area contributed by atoms with Crippen molar-refractivity contribution in [3.63, 3.8) is 0 Å². The van der Waals surface area contributed by atoms with Gasteiger partial charge in [-0.25, -0.2) is 4.98 Å². The van der Waals surface area contributed by atoms with E-state index in [0.717, 1.165) is 41.3 Å². The van der Waals surface area contributed by atoms with E-state index >= 15 is 0 Å². The van der Waals surface area contributed by atoms with E-state index < -0.39 is 0 Å². The van der Waals surface area contributed by atoms with Crippen LogP contribution < -0.4 is 5.32 Å². The molecule has 0 aliphatic carbocycles. The lowest BCUT2D eigenvalue weighted by molar-refractivity contribution is 0.0715. The third kappa shape index (κ3) is 3.94. The zero-order valence-electron chi connectivity index (χ0n) is 15.2. The summed E-state index contributed by atoms with van der Waals surface area (Å²) in [4.78, 5) is 18.5. The van der Waals surface area contributed by atoms with E-state index in [2.05, 4.69) is 5.32 Å². The van der Waals surface area contributed by atoms with Gasteiger partial charge in [0.15, 0.2) is 0 Å². The molecule has 0 spiro atoms. The van der Waals surface area contributed by atoms with Crippen LogP contribution in [0.2, 0.25) is 0 Å². The SMILES string of the molecule is C[C@H](NC(=O)c1sc(-c2ccccc2)nc1-c1ccccc1)[C@H]1CCCO1. The molecule has 4 nitrogen and oxygen atoms in total. The fourth-order valence-electron chi connectivity index (χ4n) is 3.33. The summed E-state index contributed by atoms with van der Waals surface area (Å²) in [7, 11) is 0. The predicted octanol–water partition coefficient (Wildman–Crippen LogP) is 4.77. The van der Waals surface area contributed by atoms with Gasteiger partial charge in [0.2, 0.25) is 0 Å². The molecule has 0 radical (unpaired) electrons. The molecule has 4 rings (SSSR count). The number of hydrogen-bond donors (Lipinski definition) is 1. The number of ether oxygens (including phenoxy) is 1. The molecule has 2 aromatic carbocycles. The second-order valence-corrected chi connectivity index (χ2v) is 7.74. The van der Waals surface area contributed by atoms with Crippen molar-refractivity contribution in [2.45, 2.75) is 31.9 Å². The minimum atomic E-state index is -0.0865. The summed E-state index contributed by atoms with van der Waals surface area (Å²) in [5, 5.41) is 3.97. The average Bonchev–Trinajstić information content (AvgIpc) is 3.40. The van der Waals surface area contributed by atoms with Gasteiger partial charge in [-0.15, -0.1) is 11.3 Å². The molecule has 0 bridgehead atoms. The first-order chi connectivity index (χ1) is 13.2. The van der Waals surface area contributed by atoms with Gasteiger partial charge >= 0.3 is 0 Å². The number of rotatable bonds is 5. The highest BCUT2D eigenvalue weighted by Gasteiger charge is 2.26. The molecule has 0 saturated carbocycles. The van der Waals surface area contributed by atoms with E-state index in [1.807, 2.05) is 67.6 Å². The quantitative estimate of drug-likeness (QED) is 0.695. The smallest absolute Gasteiger partial charge is 0.263 e. The van der Waals surface area contributed by atoms with Crippen LogP contribution in [0.1, 0.15) is 29.4 Å². The number of hydrogen-bond acceptors (Lipinski definition) is 4. The number of amides is 1. The van der Waals surface area contributed by atoms with E-state index in [4.69, 9.17) is 9.72 Å². The summed E-state index contributed by atoms with van der Waals surface area (Å²) in [6.07, 6.45) is 2.14. The highest BCUT2D eigenvalue weighted by Crippen LogP contribution is 2.34. The van der Waals surface area contributed by atoms with E-state index in [1.165, 1.54) is 11.3 Å². The lowest BCUT2D eigenvalue weighted by Crippen LogP contribution is -2.40. The van der Waals surface area contributed by atoms with E-state index in [0.29, 0.717) is 4.88 Å². The van der Waals surface area contributed by atoms with Crippen LogP contribution in [0.5, 0.6) is 0 Å². The average molecular weight is 378 g/mol. The third-order valence-electron chi connectivity index (χ3n) is 4.78. The lowest BCUT2D eigenvalue weighted by Gasteiger charge is -2.19. The van der Waals surface area contributed by atoms with Crippen molar-refractivity contribution in [1.29, 1.82) is 0 Å². The van der Waals surface area contributed by atoms with Crippen molar-refractivity contribution in [3.05, 3.63) is 65.5 Å². The van der Waals surface area contributed by atoms with Gasteiger partial charge in [-0.2, -0.15) is 0 Å². The van der Waals surface area contributed by atoms with Crippen LogP contribution in [0.3, 0.4) is 0 Å². The van der Waals surface area contributed by atoms with Crippen LogP contribution in [0.25, 0.3) is 21.8 Å². The Kier molecular flexibility index (Phi) is 5.32. The minimum Gasteiger partial charge on any atom is -0.376 e. The van der Waals surface area contributed by atoms with Gasteiger partial charge in [0.25, 0.3) is 5.91 Å². The Morgan fingerprint density at radius 3 is 2.41 bits per heavy atom. The number of nitrogens with one attached hydrogen (secondary N) is 1. The molecule has 138 valence electrons. The molecule has 27 heavy (non-hydrogen) atoms. The maximum atomic E-state index is 13.1. The largest absolute Gasteiger partial charge is 0.376 e. The molecule has 2 heterocycles. The Morgan fingerprint density at radius 2 is 1.78 bits per heavy atom. The molecular weight excluding hydrogens is 356 g/mol. The Hall–Kier alpha value is -2.50. The number of benzene rings is 2. The first-order valence-electron chi connectivity index (χ1n) is 9.26. The standard InChI is InChI=1S/C22H22N2O2S/c1-15(18-13-8-14-26-18)23-21(25)20-19(16-9-4-2-5-10-16)24-22(27-20)17-11-6-3-7-12-17/h2-7,9-12,15,18H,8,13-14H2,1H3,(H,23,25)/t15-,18+/m0/s1. The van der Waals surface area contributed by atoms with Crippen molar-refractivity contribution in [2.75, 3.05) is 6.61 Å². The predicted molar refractivity (Wildman–Crippen MR) is 109 cm³/mol. The van der Waals surface area contributed by atoms with Crippen LogP contribution >= 0.6 is 11.3 Å². The summed E-state index contributed by atoms with van der Waals surface area (Å²) in [5.41, 5.74) is 2.70. The van der Waals surface area contributed by atoms with Crippen LogP contribution in [-0.4, -0.2) is 29.6 Å². The highest BCUT2D eigenvalue weighted by molar-refractivity contribution is 7.17. The highest BCUT2D eigenvalue weighted by atomic mass is 32.1. The Balaban J connectivity index is 1.67. The molecule has 1 aliphatic rings. The van der Waals surface area contributed by atoms with Crippen molar-refractivity contribution in [2.24, 2.45) is 0 Å². The van der Waals surface area contributed by atoms with E-state index in [-0.39, 0.29) is 18.1 Å². The molecular formula is C22H22N2O2S. The maximum Gasteiger partial charge on any atom is 0.263 e. The molecule has 2 atom stereocenters. The van der Waals surface area contributed by atoms with Gasteiger partial charge in [-0.3, -0.25) is 4.79 Å². The fraction of sp³-hybridized carbons (Fsp3) is 0.273. The summed E-state index contributed by atoms with van der Waals surface area (Å²) in [6, 6.07) is 19.8. The monoisotopic (exact) mass is 378 g/mol. The van der Waals surface area contributed by atoms with Crippen molar-refractivity contribution in [1.82, 2.24) is 10.3 Å². The van der Waals surface area contributed by atoms with Crippen molar-refractivity contribution >= 4 is 17.2 Å². The normalized spacial score (nSPS) is 17.6. The van der Waals surface area contributed by atoms with E-state index in [1.54, 1.807) is 0 Å². The summed E-state index contributed by atoms with van der Waals surface area (Å²) < 4.78 is 5.71. The molecule has 1 saturated heterocycles. The van der Waals surface area contributed by atoms with Crippen LogP contribution in [-0.2, 0) is 4.74 Å². The second-order valence-electron chi connectivity index (χ2n) is 6.74. The first kappa shape index (κ1) is 17.9. The Bertz CT molecular complexity index is 903. The minimum absolute atomic E-state index is 0.0223. The zero-order chi connectivity index (χ0) is 18.6. The number of carbonyl (C=O) groups excluding carboxylic acids is 1. The number of carbonyl (C=O) groups is 1. The Morgan fingerprint density at radius 1 is 1.11 bits per heavy atom. The van der Waals surface area contributed by atoms with Gasteiger partial charge in [0.1, 0.15) is 9.88 Å². The molecule has 3 aromatic rings. The van der Waals surface area contributed by atoms with Gasteiger partial charge in [-0.1, -0.05) is 60.7 Å². The summed E-state index contributed by atoms with van der Waals surface area (Å²) >= 11 is 1.44. The topological polar surface area (TPSA) is 51.2 Å². The molecule has 1 aliphatic heterocycles. The summed E-state index contributed by atoms with van der Waals surface area (Å²) in [5.74, 6) is -0.0865. The number of nitrogens with zero attached hydrogens (tertiary/aromatic N) is 1. The van der Waals surface area contributed by atoms with Gasteiger partial charge in [-0.05, 0) is 19.8 Å². The fourth-order valence-corrected chi connectivity index (χ4v) is 4.33. The maximum absolute atomic E-state index is 13.1. The molecule has 1 aromatic heterocycles. The summed E-state index contributed by atoms with van der Waals surface area (Å²) in [6.45, 7) is 2.79. The van der Waals surface area contributed by atoms with Crippen LogP contribution in [0.4, 0.5) is 0 Å². The Labute approximate surface area is 163 Å². The van der Waals surface area contributed by atoms with Crippen LogP contribution in [0.15, 0.2) is 60.7 Å². The first-order valence-corrected chi connectivity index (χ1v) is 10.1. The van der Waals surface area contributed by atoms with Gasteiger partial charge in [0, 0.05) is 17.7 Å². The van der Waals surface area contributed by atoms with Crippen LogP contribution in [0, 0.1) is 0 Å². The molecule has 1 N–H and O–H groups in total. The zero-order valence-corrected chi connectivity index (χ0v) is 16.0. The number of aromatic nitrogens is 1. The van der Waals surface area contributed by atoms with Gasteiger partial charge in [0.05, 0.1) is 17.8 Å². The molecule has 0 unspecified atom stereocenters. The van der Waals surface area contributed by atoms with Crippen molar-refractivity contribution in [3.8, 4) is 21.8 Å². The van der Waals surface area contributed by atoms with Crippen molar-refractivity contribution < 1.29 is 9.53 Å². The lowest BCUT2D eigenvalue weighted by atomic mass is 10.1. The molecule has 5 heteroatoms. The van der Waals surface area contributed by atoms with E-state index in [9.17, 15) is 4.79 Å². The molecule has 1 amide bonds. The number of thiazole rings is 1.